The van der Waals surface area contributed by atoms with Crippen molar-refractivity contribution in [2.75, 3.05) is 19.6 Å². The van der Waals surface area contributed by atoms with Gasteiger partial charge in [0.1, 0.15) is 0 Å². The van der Waals surface area contributed by atoms with Gasteiger partial charge in [-0.2, -0.15) is 0 Å². The average Bonchev–Trinajstić information content (AvgIpc) is 2.34. The van der Waals surface area contributed by atoms with Crippen LogP contribution in [0.4, 0.5) is 0 Å². The molecule has 1 aliphatic heterocycles. The second-order valence-electron chi connectivity index (χ2n) is 9.50. The van der Waals surface area contributed by atoms with Crippen LogP contribution in [0, 0.1) is 22.7 Å². The van der Waals surface area contributed by atoms with Crippen LogP contribution in [-0.4, -0.2) is 36.0 Å². The average molecular weight is 290 g/mol. The van der Waals surface area contributed by atoms with Gasteiger partial charge in [-0.15, -0.1) is 0 Å². The van der Waals surface area contributed by atoms with Gasteiger partial charge in [0.2, 0.25) is 5.91 Å². The van der Waals surface area contributed by atoms with Crippen LogP contribution in [0.3, 0.4) is 0 Å². The molecule has 1 N–H and O–H groups in total. The van der Waals surface area contributed by atoms with E-state index in [9.17, 15) is 4.79 Å². The highest BCUT2D eigenvalue weighted by molar-refractivity contribution is 5.84. The molecule has 1 heterocycles. The topological polar surface area (TPSA) is 32.3 Å². The van der Waals surface area contributed by atoms with E-state index >= 15 is 0 Å². The lowest BCUT2D eigenvalue weighted by atomic mass is 9.44. The molecule has 0 spiro atoms. The van der Waals surface area contributed by atoms with E-state index in [2.05, 4.69) is 31.0 Å². The van der Waals surface area contributed by atoms with Gasteiger partial charge >= 0.3 is 0 Å². The second-order valence-corrected chi connectivity index (χ2v) is 9.50. The molecule has 4 aliphatic carbocycles. The monoisotopic (exact) mass is 290 g/mol. The number of amides is 1. The van der Waals surface area contributed by atoms with Gasteiger partial charge in [0.25, 0.3) is 0 Å². The van der Waals surface area contributed by atoms with Gasteiger partial charge in [-0.25, -0.2) is 0 Å². The molecule has 4 bridgehead atoms. The molecule has 0 aromatic carbocycles. The predicted octanol–water partition coefficient (Wildman–Crippen LogP) is 2.80. The largest absolute Gasteiger partial charge is 0.335 e. The third-order valence-corrected chi connectivity index (χ3v) is 6.85. The maximum Gasteiger partial charge on any atom is 0.229 e. The highest BCUT2D eigenvalue weighted by atomic mass is 16.2. The first-order valence-electron chi connectivity index (χ1n) is 8.85. The highest BCUT2D eigenvalue weighted by Gasteiger charge is 2.60. The lowest BCUT2D eigenvalue weighted by molar-refractivity contribution is -0.172. The van der Waals surface area contributed by atoms with E-state index in [1.54, 1.807) is 0 Å². The fraction of sp³-hybridized carbons (Fsp3) is 0.944. The molecule has 5 fully saturated rings. The third kappa shape index (κ3) is 2.07. The van der Waals surface area contributed by atoms with Crippen LogP contribution in [0.5, 0.6) is 0 Å². The van der Waals surface area contributed by atoms with Crippen LogP contribution in [0.15, 0.2) is 0 Å². The van der Waals surface area contributed by atoms with Gasteiger partial charge in [0.05, 0.1) is 5.41 Å². The maximum absolute atomic E-state index is 13.5. The van der Waals surface area contributed by atoms with Gasteiger partial charge in [-0.05, 0) is 69.6 Å². The van der Waals surface area contributed by atoms with Crippen LogP contribution >= 0.6 is 0 Å². The molecule has 0 aromatic rings. The Morgan fingerprint density at radius 2 is 1.76 bits per heavy atom. The summed E-state index contributed by atoms with van der Waals surface area (Å²) < 4.78 is 0. The number of carbonyl (C=O) groups excluding carboxylic acids is 1. The molecule has 1 saturated heterocycles. The van der Waals surface area contributed by atoms with E-state index in [0.29, 0.717) is 11.3 Å². The number of hydrogen-bond acceptors (Lipinski definition) is 2. The molecule has 5 rings (SSSR count). The van der Waals surface area contributed by atoms with Crippen molar-refractivity contribution in [1.82, 2.24) is 10.2 Å². The van der Waals surface area contributed by atoms with Crippen molar-refractivity contribution >= 4 is 5.91 Å². The molecule has 21 heavy (non-hydrogen) atoms. The quantitative estimate of drug-likeness (QED) is 0.805. The number of rotatable bonds is 1. The van der Waals surface area contributed by atoms with Gasteiger partial charge in [-0.3, -0.25) is 4.79 Å². The number of piperazine rings is 1. The summed E-state index contributed by atoms with van der Waals surface area (Å²) in [7, 11) is 0. The van der Waals surface area contributed by atoms with Gasteiger partial charge in [0, 0.05) is 25.2 Å². The summed E-state index contributed by atoms with van der Waals surface area (Å²) in [5, 5.41) is 3.45. The zero-order valence-electron chi connectivity index (χ0n) is 13.9. The first kappa shape index (κ1) is 14.0. The molecular weight excluding hydrogens is 260 g/mol. The molecule has 1 amide bonds. The van der Waals surface area contributed by atoms with Crippen LogP contribution < -0.4 is 5.32 Å². The molecule has 2 atom stereocenters. The summed E-state index contributed by atoms with van der Waals surface area (Å²) in [6.45, 7) is 9.67. The van der Waals surface area contributed by atoms with Crippen molar-refractivity contribution in [3.05, 3.63) is 0 Å². The van der Waals surface area contributed by atoms with E-state index in [4.69, 9.17) is 0 Å². The molecule has 118 valence electrons. The summed E-state index contributed by atoms with van der Waals surface area (Å²) in [5.41, 5.74) is 0.422. The van der Waals surface area contributed by atoms with Crippen molar-refractivity contribution in [2.45, 2.75) is 64.8 Å². The van der Waals surface area contributed by atoms with Crippen molar-refractivity contribution in [3.63, 3.8) is 0 Å². The van der Waals surface area contributed by atoms with E-state index < -0.39 is 0 Å². The van der Waals surface area contributed by atoms with Gasteiger partial charge in [0.15, 0.2) is 0 Å². The SMILES string of the molecule is CC12CC3CC(C1)CC(C(=O)N1CCNCC1(C)C)(C3)C2. The molecule has 3 heteroatoms. The second kappa shape index (κ2) is 4.24. The summed E-state index contributed by atoms with van der Waals surface area (Å²) in [4.78, 5) is 15.7. The number of nitrogens with zero attached hydrogens (tertiary/aromatic N) is 1. The fourth-order valence-electron chi connectivity index (χ4n) is 6.62. The van der Waals surface area contributed by atoms with Crippen molar-refractivity contribution in [3.8, 4) is 0 Å². The minimum absolute atomic E-state index is 0.00650. The summed E-state index contributed by atoms with van der Waals surface area (Å²) in [6, 6.07) is 0. The van der Waals surface area contributed by atoms with E-state index in [1.165, 1.54) is 32.1 Å². The zero-order chi connectivity index (χ0) is 14.9. The molecule has 2 unspecified atom stereocenters. The minimum atomic E-state index is -0.0282. The van der Waals surface area contributed by atoms with Gasteiger partial charge < -0.3 is 10.2 Å². The Morgan fingerprint density at radius 1 is 1.10 bits per heavy atom. The molecule has 4 saturated carbocycles. The number of carbonyl (C=O) groups is 1. The van der Waals surface area contributed by atoms with Crippen LogP contribution in [0.2, 0.25) is 0 Å². The number of hydrogen-bond donors (Lipinski definition) is 1. The Kier molecular flexibility index (Phi) is 2.84. The molecule has 0 radical (unpaired) electrons. The molecule has 5 aliphatic rings. The van der Waals surface area contributed by atoms with E-state index in [-0.39, 0.29) is 11.0 Å². The lowest BCUT2D eigenvalue weighted by Gasteiger charge is -2.62. The standard InChI is InChI=1S/C18H30N2O/c1-16(2)12-19-4-5-20(16)15(21)18-9-13-6-14(10-18)8-17(3,7-13)11-18/h13-14,19H,4-12H2,1-3H3. The van der Waals surface area contributed by atoms with Crippen LogP contribution in [0.1, 0.15) is 59.3 Å². The Balaban J connectivity index is 1.64. The normalized spacial score (nSPS) is 47.7. The minimum Gasteiger partial charge on any atom is -0.335 e. The number of nitrogens with one attached hydrogen (secondary N) is 1. The molecule has 0 aromatic heterocycles. The molecular formula is C18H30N2O. The highest BCUT2D eigenvalue weighted by Crippen LogP contribution is 2.65. The van der Waals surface area contributed by atoms with Crippen molar-refractivity contribution < 1.29 is 4.79 Å². The first-order valence-corrected chi connectivity index (χ1v) is 8.85. The Morgan fingerprint density at radius 3 is 2.33 bits per heavy atom. The summed E-state index contributed by atoms with van der Waals surface area (Å²) in [6.07, 6.45) is 7.67. The fourth-order valence-corrected chi connectivity index (χ4v) is 6.62. The van der Waals surface area contributed by atoms with Crippen molar-refractivity contribution in [2.24, 2.45) is 22.7 Å². The van der Waals surface area contributed by atoms with Crippen LogP contribution in [0.25, 0.3) is 0 Å². The molecule has 3 nitrogen and oxygen atoms in total. The zero-order valence-corrected chi connectivity index (χ0v) is 13.9. The summed E-state index contributed by atoms with van der Waals surface area (Å²) >= 11 is 0. The van der Waals surface area contributed by atoms with E-state index in [1.807, 2.05) is 0 Å². The van der Waals surface area contributed by atoms with Crippen LogP contribution in [-0.2, 0) is 4.79 Å². The summed E-state index contributed by atoms with van der Waals surface area (Å²) in [5.74, 6) is 2.15. The lowest BCUT2D eigenvalue weighted by Crippen LogP contribution is -2.65. The maximum atomic E-state index is 13.5. The first-order chi connectivity index (χ1) is 9.82. The smallest absolute Gasteiger partial charge is 0.229 e. The van der Waals surface area contributed by atoms with Gasteiger partial charge in [-0.1, -0.05) is 6.92 Å². The Bertz CT molecular complexity index is 456. The van der Waals surface area contributed by atoms with E-state index in [0.717, 1.165) is 37.9 Å². The third-order valence-electron chi connectivity index (χ3n) is 6.85. The predicted molar refractivity (Wildman–Crippen MR) is 83.9 cm³/mol. The van der Waals surface area contributed by atoms with Crippen molar-refractivity contribution in [1.29, 1.82) is 0 Å². The Labute approximate surface area is 128 Å². The Hall–Kier alpha value is -0.570.